The molecule has 0 N–H and O–H groups in total. The van der Waals surface area contributed by atoms with Crippen molar-refractivity contribution in [1.29, 1.82) is 0 Å². The van der Waals surface area contributed by atoms with Crippen molar-refractivity contribution < 1.29 is 13.2 Å². The van der Waals surface area contributed by atoms with Gasteiger partial charge in [-0.05, 0) is 30.5 Å². The molecule has 8 nitrogen and oxygen atoms in total. The van der Waals surface area contributed by atoms with Gasteiger partial charge in [0.25, 0.3) is 0 Å². The smallest absolute Gasteiger partial charge is 0.353 e. The summed E-state index contributed by atoms with van der Waals surface area (Å²) in [7, 11) is 5.35. The molecule has 194 valence electrons. The van der Waals surface area contributed by atoms with Crippen molar-refractivity contribution >= 4 is 16.9 Å². The molecular formula is C27H25F3N8. The number of alkyl halides is 3. The van der Waals surface area contributed by atoms with Crippen molar-refractivity contribution in [1.82, 2.24) is 34.3 Å². The van der Waals surface area contributed by atoms with Crippen LogP contribution >= 0.6 is 0 Å². The zero-order chi connectivity index (χ0) is 26.6. The summed E-state index contributed by atoms with van der Waals surface area (Å²) in [5.41, 5.74) is 4.07. The Balaban J connectivity index is 1.31. The van der Waals surface area contributed by atoms with Crippen LogP contribution in [0.3, 0.4) is 0 Å². The van der Waals surface area contributed by atoms with E-state index in [4.69, 9.17) is 9.97 Å². The Bertz CT molecular complexity index is 1630. The van der Waals surface area contributed by atoms with Gasteiger partial charge in [0, 0.05) is 57.1 Å². The first-order chi connectivity index (χ1) is 18.2. The van der Waals surface area contributed by atoms with E-state index in [-0.39, 0.29) is 5.82 Å². The van der Waals surface area contributed by atoms with Crippen molar-refractivity contribution in [3.63, 3.8) is 0 Å². The number of hydrogen-bond acceptors (Lipinski definition) is 6. The molecule has 1 aliphatic rings. The van der Waals surface area contributed by atoms with Gasteiger partial charge in [-0.1, -0.05) is 24.3 Å². The second-order valence-electron chi connectivity index (χ2n) is 9.73. The standard InChI is InChI=1S/C27H25F3N8/c1-36(13-16-6-8-18(9-7-16)25-33-21(15-37(25)2)27(28,29)30)26-23-20(14-38(3)35-23)32-24(34-26)19-5-4-12-31-22(19)17-10-11-17/h4-9,12,14-15,17H,10-11,13H2,1-3H3. The van der Waals surface area contributed by atoms with Crippen LogP contribution < -0.4 is 4.90 Å². The highest BCUT2D eigenvalue weighted by Gasteiger charge is 2.34. The van der Waals surface area contributed by atoms with E-state index < -0.39 is 11.9 Å². The molecule has 0 saturated heterocycles. The first-order valence-electron chi connectivity index (χ1n) is 12.2. The SMILES string of the molecule is CN(Cc1ccc(-c2nc(C(F)(F)F)cn2C)cc1)c1nc(-c2cccnc2C2CC2)nc2cn(C)nc12. The molecular weight excluding hydrogens is 493 g/mol. The summed E-state index contributed by atoms with van der Waals surface area (Å²) < 4.78 is 42.3. The van der Waals surface area contributed by atoms with Gasteiger partial charge in [0.1, 0.15) is 11.3 Å². The number of nitrogens with zero attached hydrogens (tertiary/aromatic N) is 8. The van der Waals surface area contributed by atoms with Gasteiger partial charge >= 0.3 is 6.18 Å². The van der Waals surface area contributed by atoms with Crippen LogP contribution in [0.4, 0.5) is 19.0 Å². The number of fused-ring (bicyclic) bond motifs is 1. The third-order valence-electron chi connectivity index (χ3n) is 6.66. The Morgan fingerprint density at radius 2 is 1.76 bits per heavy atom. The molecule has 5 aromatic rings. The number of imidazole rings is 1. The largest absolute Gasteiger partial charge is 0.434 e. The average Bonchev–Trinajstić information content (AvgIpc) is 3.55. The van der Waals surface area contributed by atoms with Gasteiger partial charge in [-0.15, -0.1) is 0 Å². The van der Waals surface area contributed by atoms with Crippen molar-refractivity contribution in [3.05, 3.63) is 71.9 Å². The number of rotatable bonds is 6. The monoisotopic (exact) mass is 518 g/mol. The fourth-order valence-corrected chi connectivity index (χ4v) is 4.66. The second-order valence-corrected chi connectivity index (χ2v) is 9.73. The molecule has 4 heterocycles. The van der Waals surface area contributed by atoms with E-state index in [9.17, 15) is 13.2 Å². The Hall–Kier alpha value is -4.28. The molecule has 0 amide bonds. The van der Waals surface area contributed by atoms with Crippen molar-refractivity contribution in [3.8, 4) is 22.8 Å². The average molecular weight is 519 g/mol. The highest BCUT2D eigenvalue weighted by atomic mass is 19.4. The molecule has 0 spiro atoms. The number of benzene rings is 1. The van der Waals surface area contributed by atoms with E-state index in [0.717, 1.165) is 41.4 Å². The van der Waals surface area contributed by atoms with Gasteiger partial charge in [0.15, 0.2) is 22.9 Å². The highest BCUT2D eigenvalue weighted by Crippen LogP contribution is 2.43. The lowest BCUT2D eigenvalue weighted by Crippen LogP contribution is -2.19. The lowest BCUT2D eigenvalue weighted by molar-refractivity contribution is -0.140. The number of pyridine rings is 1. The second kappa shape index (κ2) is 8.93. The summed E-state index contributed by atoms with van der Waals surface area (Å²) in [5.74, 6) is 2.02. The maximum absolute atomic E-state index is 13.1. The van der Waals surface area contributed by atoms with Gasteiger partial charge in [0.05, 0.1) is 11.9 Å². The molecule has 1 fully saturated rings. The molecule has 1 aromatic carbocycles. The van der Waals surface area contributed by atoms with Gasteiger partial charge in [-0.3, -0.25) is 9.67 Å². The van der Waals surface area contributed by atoms with Crippen LogP contribution in [0.25, 0.3) is 33.8 Å². The predicted molar refractivity (Wildman–Crippen MR) is 137 cm³/mol. The summed E-state index contributed by atoms with van der Waals surface area (Å²) in [6.07, 6.45) is 2.45. The molecule has 0 unspecified atom stereocenters. The van der Waals surface area contributed by atoms with Crippen molar-refractivity contribution in [2.45, 2.75) is 31.5 Å². The van der Waals surface area contributed by atoms with Crippen LogP contribution in [-0.2, 0) is 26.8 Å². The molecule has 4 aromatic heterocycles. The summed E-state index contributed by atoms with van der Waals surface area (Å²) >= 11 is 0. The Morgan fingerprint density at radius 3 is 2.45 bits per heavy atom. The first-order valence-corrected chi connectivity index (χ1v) is 12.2. The van der Waals surface area contributed by atoms with Crippen LogP contribution in [0.2, 0.25) is 0 Å². The molecule has 38 heavy (non-hydrogen) atoms. The zero-order valence-corrected chi connectivity index (χ0v) is 21.1. The van der Waals surface area contributed by atoms with E-state index in [2.05, 4.69) is 15.1 Å². The Labute approximate surface area is 216 Å². The lowest BCUT2D eigenvalue weighted by Gasteiger charge is -2.20. The maximum atomic E-state index is 13.1. The molecule has 0 radical (unpaired) electrons. The Morgan fingerprint density at radius 1 is 1.00 bits per heavy atom. The van der Waals surface area contributed by atoms with Gasteiger partial charge in [-0.25, -0.2) is 15.0 Å². The highest BCUT2D eigenvalue weighted by molar-refractivity contribution is 5.87. The topological polar surface area (TPSA) is 77.5 Å². The van der Waals surface area contributed by atoms with Crippen LogP contribution in [0, 0.1) is 0 Å². The van der Waals surface area contributed by atoms with Crippen molar-refractivity contribution in [2.24, 2.45) is 14.1 Å². The minimum atomic E-state index is -4.49. The molecule has 1 aliphatic carbocycles. The number of hydrogen-bond donors (Lipinski definition) is 0. The minimum Gasteiger partial charge on any atom is -0.353 e. The van der Waals surface area contributed by atoms with Gasteiger partial charge in [-0.2, -0.15) is 18.3 Å². The van der Waals surface area contributed by atoms with E-state index in [1.54, 1.807) is 23.9 Å². The molecule has 0 aliphatic heterocycles. The fraction of sp³-hybridized carbons (Fsp3) is 0.296. The van der Waals surface area contributed by atoms with E-state index in [1.807, 2.05) is 55.7 Å². The van der Waals surface area contributed by atoms with Crippen LogP contribution in [0.5, 0.6) is 0 Å². The normalized spacial score (nSPS) is 13.8. The summed E-state index contributed by atoms with van der Waals surface area (Å²) in [6, 6.07) is 11.3. The third kappa shape index (κ3) is 4.48. The van der Waals surface area contributed by atoms with E-state index in [0.29, 0.717) is 35.2 Å². The van der Waals surface area contributed by atoms with Gasteiger partial charge < -0.3 is 9.47 Å². The van der Waals surface area contributed by atoms with E-state index >= 15 is 0 Å². The number of aromatic nitrogens is 7. The fourth-order valence-electron chi connectivity index (χ4n) is 4.66. The zero-order valence-electron chi connectivity index (χ0n) is 21.1. The quantitative estimate of drug-likeness (QED) is 0.301. The number of halogens is 3. The summed E-state index contributed by atoms with van der Waals surface area (Å²) in [6.45, 7) is 0.513. The molecule has 0 atom stereocenters. The number of aryl methyl sites for hydroxylation is 2. The molecule has 6 rings (SSSR count). The van der Waals surface area contributed by atoms with Crippen LogP contribution in [0.15, 0.2) is 55.0 Å². The minimum absolute atomic E-state index is 0.260. The first kappa shape index (κ1) is 24.1. The third-order valence-corrected chi connectivity index (χ3v) is 6.66. The molecule has 0 bridgehead atoms. The number of anilines is 1. The predicted octanol–water partition coefficient (Wildman–Crippen LogP) is 5.36. The maximum Gasteiger partial charge on any atom is 0.434 e. The Kier molecular flexibility index (Phi) is 5.66. The summed E-state index contributed by atoms with van der Waals surface area (Å²) in [5, 5.41) is 4.60. The van der Waals surface area contributed by atoms with Crippen molar-refractivity contribution in [2.75, 3.05) is 11.9 Å². The lowest BCUT2D eigenvalue weighted by atomic mass is 10.1. The van der Waals surface area contributed by atoms with Gasteiger partial charge in [0.2, 0.25) is 0 Å². The molecule has 11 heteroatoms. The van der Waals surface area contributed by atoms with Crippen LogP contribution in [-0.4, -0.2) is 41.3 Å². The summed E-state index contributed by atoms with van der Waals surface area (Å²) in [4.78, 5) is 20.1. The van der Waals surface area contributed by atoms with Crippen LogP contribution in [0.1, 0.15) is 35.7 Å². The van der Waals surface area contributed by atoms with E-state index in [1.165, 1.54) is 4.57 Å². The molecule has 1 saturated carbocycles.